The molecule has 4 rings (SSSR count). The quantitative estimate of drug-likeness (QED) is 0.711. The predicted molar refractivity (Wildman–Crippen MR) is 126 cm³/mol. The molecule has 1 heterocycles. The SMILES string of the molecule is CC1(C(=O)Nc2ccc(N3CCN(C(=O)c4ccccc4)CC3)c(Cl)c2)CCCCC1. The van der Waals surface area contributed by atoms with Gasteiger partial charge in [-0.1, -0.05) is 56.0 Å². The standard InChI is InChI=1S/C25H30ClN3O2/c1-25(12-6-3-7-13-25)24(31)27-20-10-11-22(21(26)18-20)28-14-16-29(17-15-28)23(30)19-8-4-2-5-9-19/h2,4-5,8-11,18H,3,6-7,12-17H2,1H3,(H,27,31). The van der Waals surface area contributed by atoms with Crippen LogP contribution < -0.4 is 10.2 Å². The average Bonchev–Trinajstić information content (AvgIpc) is 2.80. The van der Waals surface area contributed by atoms with Gasteiger partial charge in [-0.2, -0.15) is 0 Å². The molecule has 2 fully saturated rings. The van der Waals surface area contributed by atoms with Crippen LogP contribution in [-0.2, 0) is 4.79 Å². The Morgan fingerprint density at radius 3 is 2.26 bits per heavy atom. The minimum atomic E-state index is -0.287. The molecule has 1 aliphatic heterocycles. The van der Waals surface area contributed by atoms with Gasteiger partial charge >= 0.3 is 0 Å². The molecule has 0 unspecified atom stereocenters. The number of nitrogens with one attached hydrogen (secondary N) is 1. The highest BCUT2D eigenvalue weighted by atomic mass is 35.5. The maximum atomic E-state index is 12.8. The summed E-state index contributed by atoms with van der Waals surface area (Å²) < 4.78 is 0. The maximum Gasteiger partial charge on any atom is 0.253 e. The van der Waals surface area contributed by atoms with Crippen molar-refractivity contribution in [3.05, 3.63) is 59.1 Å². The van der Waals surface area contributed by atoms with Gasteiger partial charge in [-0.05, 0) is 43.2 Å². The summed E-state index contributed by atoms with van der Waals surface area (Å²) >= 11 is 6.59. The van der Waals surface area contributed by atoms with Crippen LogP contribution in [0.5, 0.6) is 0 Å². The van der Waals surface area contributed by atoms with Gasteiger partial charge in [-0.15, -0.1) is 0 Å². The minimum absolute atomic E-state index is 0.0700. The Balaban J connectivity index is 1.37. The first-order valence-electron chi connectivity index (χ1n) is 11.2. The van der Waals surface area contributed by atoms with Crippen molar-refractivity contribution in [3.8, 4) is 0 Å². The van der Waals surface area contributed by atoms with Gasteiger partial charge < -0.3 is 15.1 Å². The molecule has 0 bridgehead atoms. The summed E-state index contributed by atoms with van der Waals surface area (Å²) in [5.74, 6) is 0.157. The molecule has 1 aliphatic carbocycles. The summed E-state index contributed by atoms with van der Waals surface area (Å²) in [6.07, 6.45) is 5.32. The Hall–Kier alpha value is -2.53. The zero-order valence-corrected chi connectivity index (χ0v) is 18.8. The Bertz CT molecular complexity index is 933. The third-order valence-electron chi connectivity index (χ3n) is 6.64. The molecule has 2 aromatic rings. The van der Waals surface area contributed by atoms with Crippen LogP contribution >= 0.6 is 11.6 Å². The summed E-state index contributed by atoms with van der Waals surface area (Å²) in [5, 5.41) is 3.69. The van der Waals surface area contributed by atoms with E-state index in [-0.39, 0.29) is 17.2 Å². The Morgan fingerprint density at radius 2 is 1.61 bits per heavy atom. The summed E-state index contributed by atoms with van der Waals surface area (Å²) in [6.45, 7) is 4.82. The number of anilines is 2. The lowest BCUT2D eigenvalue weighted by Crippen LogP contribution is -2.48. The Kier molecular flexibility index (Phi) is 6.51. The second kappa shape index (κ2) is 9.31. The van der Waals surface area contributed by atoms with Crippen LogP contribution in [0.4, 0.5) is 11.4 Å². The van der Waals surface area contributed by atoms with Crippen LogP contribution in [0, 0.1) is 5.41 Å². The van der Waals surface area contributed by atoms with E-state index in [2.05, 4.69) is 17.1 Å². The Morgan fingerprint density at radius 1 is 0.935 bits per heavy atom. The molecular weight excluding hydrogens is 410 g/mol. The van der Waals surface area contributed by atoms with Gasteiger partial charge in [0.25, 0.3) is 5.91 Å². The van der Waals surface area contributed by atoms with Gasteiger partial charge in [0.15, 0.2) is 0 Å². The number of hydrogen-bond donors (Lipinski definition) is 1. The topological polar surface area (TPSA) is 52.7 Å². The highest BCUT2D eigenvalue weighted by Gasteiger charge is 2.34. The number of carbonyl (C=O) groups is 2. The summed E-state index contributed by atoms with van der Waals surface area (Å²) in [6, 6.07) is 15.1. The molecule has 0 atom stereocenters. The number of carbonyl (C=O) groups excluding carboxylic acids is 2. The molecule has 0 aromatic heterocycles. The number of benzene rings is 2. The molecule has 31 heavy (non-hydrogen) atoms. The third-order valence-corrected chi connectivity index (χ3v) is 6.94. The third kappa shape index (κ3) is 4.87. The van der Waals surface area contributed by atoms with Gasteiger partial charge in [-0.3, -0.25) is 9.59 Å². The molecule has 1 saturated heterocycles. The second-order valence-electron chi connectivity index (χ2n) is 8.89. The van der Waals surface area contributed by atoms with Crippen molar-refractivity contribution >= 4 is 34.8 Å². The van der Waals surface area contributed by atoms with Crippen molar-refractivity contribution in [1.82, 2.24) is 4.90 Å². The fourth-order valence-electron chi connectivity index (χ4n) is 4.60. The monoisotopic (exact) mass is 439 g/mol. The first-order chi connectivity index (χ1) is 15.0. The molecule has 2 aliphatic rings. The van der Waals surface area contributed by atoms with Crippen molar-refractivity contribution in [2.45, 2.75) is 39.0 Å². The highest BCUT2D eigenvalue weighted by molar-refractivity contribution is 6.33. The van der Waals surface area contributed by atoms with Crippen molar-refractivity contribution in [1.29, 1.82) is 0 Å². The highest BCUT2D eigenvalue weighted by Crippen LogP contribution is 2.37. The summed E-state index contributed by atoms with van der Waals surface area (Å²) in [5.41, 5.74) is 2.12. The van der Waals surface area contributed by atoms with E-state index in [9.17, 15) is 9.59 Å². The van der Waals surface area contributed by atoms with E-state index in [1.54, 1.807) is 0 Å². The zero-order valence-electron chi connectivity index (χ0n) is 18.1. The van der Waals surface area contributed by atoms with Crippen LogP contribution in [0.25, 0.3) is 0 Å². The van der Waals surface area contributed by atoms with Crippen LogP contribution in [0.15, 0.2) is 48.5 Å². The van der Waals surface area contributed by atoms with E-state index in [1.165, 1.54) is 6.42 Å². The molecular formula is C25H30ClN3O2. The first-order valence-corrected chi connectivity index (χ1v) is 11.5. The van der Waals surface area contributed by atoms with E-state index in [1.807, 2.05) is 53.4 Å². The van der Waals surface area contributed by atoms with Crippen molar-refractivity contribution in [2.75, 3.05) is 36.4 Å². The van der Waals surface area contributed by atoms with Crippen LogP contribution in [0.2, 0.25) is 5.02 Å². The number of nitrogens with zero attached hydrogens (tertiary/aromatic N) is 2. The van der Waals surface area contributed by atoms with Gasteiger partial charge in [0.1, 0.15) is 0 Å². The van der Waals surface area contributed by atoms with Crippen molar-refractivity contribution < 1.29 is 9.59 Å². The average molecular weight is 440 g/mol. The molecule has 0 spiro atoms. The first kappa shape index (κ1) is 21.7. The molecule has 6 heteroatoms. The maximum absolute atomic E-state index is 12.8. The number of piperazine rings is 1. The normalized spacial score (nSPS) is 18.5. The number of amides is 2. The fraction of sp³-hybridized carbons (Fsp3) is 0.440. The molecule has 2 amide bonds. The smallest absolute Gasteiger partial charge is 0.253 e. The fourth-order valence-corrected chi connectivity index (χ4v) is 4.90. The van der Waals surface area contributed by atoms with Crippen molar-refractivity contribution in [2.24, 2.45) is 5.41 Å². The van der Waals surface area contributed by atoms with Gasteiger partial charge in [0.05, 0.1) is 10.7 Å². The minimum Gasteiger partial charge on any atom is -0.367 e. The van der Waals surface area contributed by atoms with Crippen molar-refractivity contribution in [3.63, 3.8) is 0 Å². The number of rotatable bonds is 4. The molecule has 0 radical (unpaired) electrons. The lowest BCUT2D eigenvalue weighted by atomic mass is 9.75. The van der Waals surface area contributed by atoms with E-state index < -0.39 is 0 Å². The zero-order chi connectivity index (χ0) is 21.8. The summed E-state index contributed by atoms with van der Waals surface area (Å²) in [7, 11) is 0. The van der Waals surface area contributed by atoms with Crippen LogP contribution in [0.1, 0.15) is 49.4 Å². The lowest BCUT2D eigenvalue weighted by molar-refractivity contribution is -0.126. The second-order valence-corrected chi connectivity index (χ2v) is 9.29. The number of hydrogen-bond acceptors (Lipinski definition) is 3. The van der Waals surface area contributed by atoms with Crippen LogP contribution in [-0.4, -0.2) is 42.9 Å². The van der Waals surface area contributed by atoms with Gasteiger partial charge in [-0.25, -0.2) is 0 Å². The summed E-state index contributed by atoms with van der Waals surface area (Å²) in [4.78, 5) is 29.5. The van der Waals surface area contributed by atoms with Gasteiger partial charge in [0.2, 0.25) is 5.91 Å². The lowest BCUT2D eigenvalue weighted by Gasteiger charge is -2.36. The number of halogens is 1. The Labute approximate surface area is 189 Å². The van der Waals surface area contributed by atoms with Gasteiger partial charge in [0, 0.05) is 42.8 Å². The molecule has 1 saturated carbocycles. The molecule has 2 aromatic carbocycles. The molecule has 1 N–H and O–H groups in total. The van der Waals surface area contributed by atoms with E-state index in [0.29, 0.717) is 18.1 Å². The largest absolute Gasteiger partial charge is 0.367 e. The predicted octanol–water partition coefficient (Wildman–Crippen LogP) is 5.21. The van der Waals surface area contributed by atoms with E-state index >= 15 is 0 Å². The van der Waals surface area contributed by atoms with Crippen LogP contribution in [0.3, 0.4) is 0 Å². The van der Waals surface area contributed by atoms with E-state index in [0.717, 1.165) is 55.7 Å². The molecule has 5 nitrogen and oxygen atoms in total. The van der Waals surface area contributed by atoms with E-state index in [4.69, 9.17) is 11.6 Å². The molecule has 164 valence electrons.